The molecular formula is C39H49N3O7. The summed E-state index contributed by atoms with van der Waals surface area (Å²) in [5.41, 5.74) is 0.437. The van der Waals surface area contributed by atoms with Crippen LogP contribution >= 0.6 is 0 Å². The number of carbonyl (C=O) groups excluding carboxylic acids is 4. The first-order valence-corrected chi connectivity index (χ1v) is 17.3. The lowest BCUT2D eigenvalue weighted by Gasteiger charge is -2.39. The highest BCUT2D eigenvalue weighted by molar-refractivity contribution is 5.99. The van der Waals surface area contributed by atoms with E-state index < -0.39 is 53.5 Å². The van der Waals surface area contributed by atoms with E-state index in [4.69, 9.17) is 9.47 Å². The van der Waals surface area contributed by atoms with Gasteiger partial charge < -0.3 is 29.7 Å². The number of ether oxygens (including phenoxy) is 2. The molecule has 2 bridgehead atoms. The highest BCUT2D eigenvalue weighted by Gasteiger charge is 2.75. The average molecular weight is 672 g/mol. The molecule has 7 atom stereocenters. The molecule has 0 radical (unpaired) electrons. The van der Waals surface area contributed by atoms with Crippen LogP contribution < -0.4 is 5.32 Å². The molecule has 0 unspecified atom stereocenters. The molecule has 3 amide bonds. The van der Waals surface area contributed by atoms with E-state index in [0.717, 1.165) is 11.1 Å². The number of amides is 3. The van der Waals surface area contributed by atoms with Crippen LogP contribution in [0.3, 0.4) is 0 Å². The molecule has 10 heteroatoms. The highest BCUT2D eigenvalue weighted by Crippen LogP contribution is 2.59. The number of benzene rings is 2. The smallest absolute Gasteiger partial charge is 0.306 e. The van der Waals surface area contributed by atoms with Crippen molar-refractivity contribution in [2.75, 3.05) is 19.8 Å². The van der Waals surface area contributed by atoms with E-state index in [9.17, 15) is 24.3 Å². The number of aliphatic hydroxyl groups excluding tert-OH is 1. The van der Waals surface area contributed by atoms with Crippen LogP contribution in [0, 0.1) is 17.8 Å². The number of rotatable bonds is 17. The maximum Gasteiger partial charge on any atom is 0.306 e. The molecule has 3 fully saturated rings. The SMILES string of the molecule is C=CCCC(=O)OC[C@H](NC(=O)[C@@H]1[C@H]2C(=O)N([C@@H](CO)CC(C)C)[C@H](C(=O)N(CC=C)Cc3ccccc3)[C@]23CC[C@H]1O3)c1ccccc1. The number of carbonyl (C=O) groups is 4. The Morgan fingerprint density at radius 3 is 2.43 bits per heavy atom. The molecule has 3 saturated heterocycles. The van der Waals surface area contributed by atoms with Crippen LogP contribution in [0.4, 0.5) is 0 Å². The van der Waals surface area contributed by atoms with Gasteiger partial charge in [0.15, 0.2) is 0 Å². The minimum Gasteiger partial charge on any atom is -0.463 e. The summed E-state index contributed by atoms with van der Waals surface area (Å²) in [5, 5.41) is 13.7. The van der Waals surface area contributed by atoms with Crippen LogP contribution in [0.25, 0.3) is 0 Å². The largest absolute Gasteiger partial charge is 0.463 e. The Balaban J connectivity index is 1.47. The van der Waals surface area contributed by atoms with E-state index in [1.165, 1.54) is 4.90 Å². The van der Waals surface area contributed by atoms with Gasteiger partial charge >= 0.3 is 5.97 Å². The molecule has 0 saturated carbocycles. The van der Waals surface area contributed by atoms with Crippen LogP contribution in [0.1, 0.15) is 63.1 Å². The van der Waals surface area contributed by atoms with Crippen molar-refractivity contribution in [1.29, 1.82) is 0 Å². The minimum atomic E-state index is -1.24. The topological polar surface area (TPSA) is 125 Å². The quantitative estimate of drug-likeness (QED) is 0.189. The summed E-state index contributed by atoms with van der Waals surface area (Å²) in [5.74, 6) is -3.11. The van der Waals surface area contributed by atoms with E-state index in [2.05, 4.69) is 18.5 Å². The van der Waals surface area contributed by atoms with Gasteiger partial charge in [-0.3, -0.25) is 19.2 Å². The van der Waals surface area contributed by atoms with Crippen molar-refractivity contribution in [1.82, 2.24) is 15.1 Å². The number of fused-ring (bicyclic) bond motifs is 1. The number of nitrogens with one attached hydrogen (secondary N) is 1. The van der Waals surface area contributed by atoms with Gasteiger partial charge in [0.05, 0.1) is 36.6 Å². The summed E-state index contributed by atoms with van der Waals surface area (Å²) in [6, 6.07) is 16.5. The van der Waals surface area contributed by atoms with Gasteiger partial charge in [0.2, 0.25) is 17.7 Å². The maximum atomic E-state index is 14.8. The summed E-state index contributed by atoms with van der Waals surface area (Å²) in [6.45, 7) is 11.7. The van der Waals surface area contributed by atoms with E-state index >= 15 is 0 Å². The van der Waals surface area contributed by atoms with Crippen molar-refractivity contribution in [2.24, 2.45) is 17.8 Å². The minimum absolute atomic E-state index is 0.0854. The summed E-state index contributed by atoms with van der Waals surface area (Å²) in [6.07, 6.45) is 4.79. The van der Waals surface area contributed by atoms with Crippen molar-refractivity contribution in [3.05, 3.63) is 97.1 Å². The fourth-order valence-electron chi connectivity index (χ4n) is 7.89. The first-order valence-electron chi connectivity index (χ1n) is 17.3. The zero-order valence-corrected chi connectivity index (χ0v) is 28.5. The molecular weight excluding hydrogens is 622 g/mol. The fourth-order valence-corrected chi connectivity index (χ4v) is 7.89. The molecule has 3 aliphatic rings. The summed E-state index contributed by atoms with van der Waals surface area (Å²) < 4.78 is 12.2. The Hall–Kier alpha value is -4.28. The average Bonchev–Trinajstić information content (AvgIpc) is 3.75. The lowest BCUT2D eigenvalue weighted by atomic mass is 9.70. The van der Waals surface area contributed by atoms with E-state index in [1.54, 1.807) is 17.1 Å². The van der Waals surface area contributed by atoms with Crippen LogP contribution in [-0.4, -0.2) is 82.1 Å². The van der Waals surface area contributed by atoms with Gasteiger partial charge in [0, 0.05) is 19.5 Å². The van der Waals surface area contributed by atoms with Gasteiger partial charge in [-0.05, 0) is 42.7 Å². The second-order valence-electron chi connectivity index (χ2n) is 13.7. The summed E-state index contributed by atoms with van der Waals surface area (Å²) in [7, 11) is 0. The van der Waals surface area contributed by atoms with Crippen LogP contribution in [0.5, 0.6) is 0 Å². The number of esters is 1. The zero-order chi connectivity index (χ0) is 35.1. The highest BCUT2D eigenvalue weighted by atomic mass is 16.5. The molecule has 3 aliphatic heterocycles. The van der Waals surface area contributed by atoms with Crippen LogP contribution in [-0.2, 0) is 35.2 Å². The van der Waals surface area contributed by atoms with Gasteiger partial charge in [-0.15, -0.1) is 13.2 Å². The zero-order valence-electron chi connectivity index (χ0n) is 28.5. The number of likely N-dealkylation sites (tertiary alicyclic amines) is 1. The number of aliphatic hydroxyl groups is 1. The van der Waals surface area contributed by atoms with E-state index in [1.807, 2.05) is 74.5 Å². The van der Waals surface area contributed by atoms with Crippen molar-refractivity contribution in [3.8, 4) is 0 Å². The van der Waals surface area contributed by atoms with Gasteiger partial charge in [-0.25, -0.2) is 0 Å². The second kappa shape index (κ2) is 16.0. The van der Waals surface area contributed by atoms with Crippen molar-refractivity contribution in [2.45, 2.75) is 82.3 Å². The standard InChI is InChI=1S/C39H49N3O7/c1-5-7-18-32(44)48-25-30(28-16-12-9-13-17-28)40-36(45)33-31-19-20-39(49-31)34(33)37(46)42(29(24-43)22-26(3)4)35(39)38(47)41(21-6-2)23-27-14-10-8-11-15-27/h5-6,8-17,26,29-31,33-35,43H,1-2,7,18-25H2,3-4H3,(H,40,45)/t29-,30+,31-,33+,34+,35-,39+/m1/s1. The van der Waals surface area contributed by atoms with Crippen molar-refractivity contribution >= 4 is 23.7 Å². The first kappa shape index (κ1) is 36.0. The molecule has 1 spiro atoms. The Morgan fingerprint density at radius 2 is 1.80 bits per heavy atom. The lowest BCUT2D eigenvalue weighted by Crippen LogP contribution is -2.58. The monoisotopic (exact) mass is 671 g/mol. The molecule has 2 aromatic rings. The molecule has 0 aromatic heterocycles. The molecule has 5 rings (SSSR count). The molecule has 0 aliphatic carbocycles. The molecule has 49 heavy (non-hydrogen) atoms. The molecule has 2 aromatic carbocycles. The summed E-state index contributed by atoms with van der Waals surface area (Å²) >= 11 is 0. The number of allylic oxidation sites excluding steroid dienone is 1. The van der Waals surface area contributed by atoms with Gasteiger partial charge in [0.25, 0.3) is 0 Å². The normalized spacial score (nSPS) is 25.1. The van der Waals surface area contributed by atoms with E-state index in [0.29, 0.717) is 32.2 Å². The fraction of sp³-hybridized carbons (Fsp3) is 0.487. The van der Waals surface area contributed by atoms with Crippen molar-refractivity contribution in [3.63, 3.8) is 0 Å². The Kier molecular flexibility index (Phi) is 11.7. The third-order valence-electron chi connectivity index (χ3n) is 9.98. The van der Waals surface area contributed by atoms with Gasteiger partial charge in [-0.2, -0.15) is 0 Å². The predicted molar refractivity (Wildman–Crippen MR) is 185 cm³/mol. The predicted octanol–water partition coefficient (Wildman–Crippen LogP) is 4.35. The molecule has 262 valence electrons. The van der Waals surface area contributed by atoms with Crippen molar-refractivity contribution < 1.29 is 33.8 Å². The van der Waals surface area contributed by atoms with Crippen LogP contribution in [0.2, 0.25) is 0 Å². The second-order valence-corrected chi connectivity index (χ2v) is 13.7. The molecule has 10 nitrogen and oxygen atoms in total. The Labute approximate surface area is 289 Å². The summed E-state index contributed by atoms with van der Waals surface area (Å²) in [4.78, 5) is 59.3. The lowest BCUT2D eigenvalue weighted by molar-refractivity contribution is -0.152. The third-order valence-corrected chi connectivity index (χ3v) is 9.98. The van der Waals surface area contributed by atoms with E-state index in [-0.39, 0.29) is 43.9 Å². The molecule has 2 N–H and O–H groups in total. The van der Waals surface area contributed by atoms with Gasteiger partial charge in [-0.1, -0.05) is 86.7 Å². The Bertz CT molecular complexity index is 1500. The Morgan fingerprint density at radius 1 is 1.10 bits per heavy atom. The molecule has 3 heterocycles. The third kappa shape index (κ3) is 7.50. The first-order chi connectivity index (χ1) is 23.6. The van der Waals surface area contributed by atoms with Gasteiger partial charge in [0.1, 0.15) is 18.2 Å². The number of hydrogen-bond acceptors (Lipinski definition) is 7. The maximum absolute atomic E-state index is 14.8. The number of nitrogens with zero attached hydrogens (tertiary/aromatic N) is 2. The van der Waals surface area contributed by atoms with Crippen LogP contribution in [0.15, 0.2) is 86.0 Å². The number of hydrogen-bond donors (Lipinski definition) is 2.